The molecule has 0 N–H and O–H groups in total. The molecule has 0 saturated carbocycles. The standard InChI is InChI=1S/C4H9O.3C2H5.Sn/c1-4(2,3)5;3*1-2;/h1-3H3;3*1H2,2H3;/q-1;;;;+1. The van der Waals surface area contributed by atoms with Gasteiger partial charge < -0.3 is 0 Å². The van der Waals surface area contributed by atoms with Crippen LogP contribution in [0, 0.1) is 0 Å². The van der Waals surface area contributed by atoms with Crippen LogP contribution in [0.3, 0.4) is 0 Å². The summed E-state index contributed by atoms with van der Waals surface area (Å²) in [4.78, 5) is 0. The van der Waals surface area contributed by atoms with E-state index >= 15 is 0 Å². The van der Waals surface area contributed by atoms with Crippen molar-refractivity contribution < 1.29 is 3.07 Å². The van der Waals surface area contributed by atoms with Crippen LogP contribution < -0.4 is 0 Å². The van der Waals surface area contributed by atoms with Crippen LogP contribution in [-0.2, 0) is 3.07 Å². The molecule has 0 aromatic rings. The SMILES string of the molecule is C[CH2][Sn]([CH2]C)([CH2]C)[O]C(C)(C)C. The van der Waals surface area contributed by atoms with E-state index in [0.29, 0.717) is 0 Å². The van der Waals surface area contributed by atoms with E-state index in [2.05, 4.69) is 41.5 Å². The Kier molecular flexibility index (Phi) is 5.15. The van der Waals surface area contributed by atoms with Crippen molar-refractivity contribution in [2.45, 2.75) is 60.5 Å². The molecule has 0 radical (unpaired) electrons. The Balaban J connectivity index is 4.30. The summed E-state index contributed by atoms with van der Waals surface area (Å²) in [5.74, 6) is 0. The molecule has 0 spiro atoms. The molecule has 0 heterocycles. The van der Waals surface area contributed by atoms with Crippen molar-refractivity contribution >= 4 is 18.8 Å². The number of hydrogen-bond donors (Lipinski definition) is 0. The summed E-state index contributed by atoms with van der Waals surface area (Å²) in [5, 5.41) is 0. The molecule has 0 aliphatic heterocycles. The Morgan fingerprint density at radius 2 is 1.25 bits per heavy atom. The van der Waals surface area contributed by atoms with E-state index in [0.717, 1.165) is 0 Å². The van der Waals surface area contributed by atoms with Gasteiger partial charge in [0, 0.05) is 0 Å². The van der Waals surface area contributed by atoms with Gasteiger partial charge in [-0.05, 0) is 0 Å². The Morgan fingerprint density at radius 1 is 0.917 bits per heavy atom. The van der Waals surface area contributed by atoms with E-state index in [1.54, 1.807) is 0 Å². The normalized spacial score (nSPS) is 13.5. The third kappa shape index (κ3) is 4.13. The average Bonchev–Trinajstić information content (AvgIpc) is 1.99. The molecule has 0 unspecified atom stereocenters. The van der Waals surface area contributed by atoms with Gasteiger partial charge in [0.15, 0.2) is 0 Å². The molecule has 0 aromatic carbocycles. The molecule has 0 aliphatic carbocycles. The minimum atomic E-state index is -2.10. The first-order valence-electron chi connectivity index (χ1n) is 5.09. The van der Waals surface area contributed by atoms with Crippen molar-refractivity contribution in [2.24, 2.45) is 0 Å². The molecule has 0 saturated heterocycles. The van der Waals surface area contributed by atoms with Crippen LogP contribution in [0.1, 0.15) is 41.5 Å². The molecule has 0 amide bonds. The quantitative estimate of drug-likeness (QED) is 0.711. The second-order valence-corrected chi connectivity index (χ2v) is 17.8. The molecule has 0 aromatic heterocycles. The fourth-order valence-electron chi connectivity index (χ4n) is 1.62. The third-order valence-electron chi connectivity index (χ3n) is 2.46. The summed E-state index contributed by atoms with van der Waals surface area (Å²) in [7, 11) is 0. The van der Waals surface area contributed by atoms with Crippen LogP contribution in [0.15, 0.2) is 0 Å². The maximum absolute atomic E-state index is 6.28. The monoisotopic (exact) mass is 280 g/mol. The van der Waals surface area contributed by atoms with Gasteiger partial charge >= 0.3 is 82.3 Å². The summed E-state index contributed by atoms with van der Waals surface area (Å²) in [6.07, 6.45) is 0. The van der Waals surface area contributed by atoms with Crippen LogP contribution in [0.2, 0.25) is 13.3 Å². The summed E-state index contributed by atoms with van der Waals surface area (Å²) in [6, 6.07) is 0. The fourth-order valence-corrected chi connectivity index (χ4v) is 10.8. The zero-order valence-electron chi connectivity index (χ0n) is 9.53. The third-order valence-corrected chi connectivity index (χ3v) is 16.5. The van der Waals surface area contributed by atoms with Crippen LogP contribution in [0.25, 0.3) is 0 Å². The zero-order valence-corrected chi connectivity index (χ0v) is 12.4. The van der Waals surface area contributed by atoms with Crippen molar-refractivity contribution in [3.05, 3.63) is 0 Å². The van der Waals surface area contributed by atoms with Gasteiger partial charge in [-0.3, -0.25) is 0 Å². The van der Waals surface area contributed by atoms with Gasteiger partial charge in [0.1, 0.15) is 0 Å². The molecule has 0 fully saturated rings. The van der Waals surface area contributed by atoms with E-state index in [9.17, 15) is 0 Å². The van der Waals surface area contributed by atoms with Gasteiger partial charge in [0.2, 0.25) is 0 Å². The van der Waals surface area contributed by atoms with Crippen LogP contribution in [0.4, 0.5) is 0 Å². The van der Waals surface area contributed by atoms with Gasteiger partial charge in [-0.1, -0.05) is 0 Å². The molecule has 0 atom stereocenters. The molecule has 0 rings (SSSR count). The predicted molar refractivity (Wildman–Crippen MR) is 58.0 cm³/mol. The molecule has 0 bridgehead atoms. The van der Waals surface area contributed by atoms with Crippen molar-refractivity contribution in [2.75, 3.05) is 0 Å². The Morgan fingerprint density at radius 3 is 1.33 bits per heavy atom. The van der Waals surface area contributed by atoms with Crippen molar-refractivity contribution in [3.8, 4) is 0 Å². The van der Waals surface area contributed by atoms with Gasteiger partial charge in [-0.25, -0.2) is 0 Å². The second-order valence-electron chi connectivity index (χ2n) is 4.46. The molecular formula is C10H24OSn. The molecule has 2 heteroatoms. The van der Waals surface area contributed by atoms with Crippen molar-refractivity contribution in [1.29, 1.82) is 0 Å². The number of hydrogen-bond acceptors (Lipinski definition) is 1. The van der Waals surface area contributed by atoms with Crippen molar-refractivity contribution in [3.63, 3.8) is 0 Å². The molecule has 12 heavy (non-hydrogen) atoms. The predicted octanol–water partition coefficient (Wildman–Crippen LogP) is 3.81. The summed E-state index contributed by atoms with van der Waals surface area (Å²) >= 11 is -2.10. The summed E-state index contributed by atoms with van der Waals surface area (Å²) in [5.41, 5.74) is 0.0815. The summed E-state index contributed by atoms with van der Waals surface area (Å²) < 4.78 is 10.2. The fraction of sp³-hybridized carbons (Fsp3) is 1.00. The van der Waals surface area contributed by atoms with E-state index in [1.807, 2.05) is 0 Å². The van der Waals surface area contributed by atoms with E-state index < -0.39 is 18.8 Å². The first-order valence-corrected chi connectivity index (χ1v) is 12.3. The van der Waals surface area contributed by atoms with Gasteiger partial charge in [0.05, 0.1) is 0 Å². The molecular weight excluding hydrogens is 255 g/mol. The van der Waals surface area contributed by atoms with E-state index in [4.69, 9.17) is 3.07 Å². The Hall–Kier alpha value is 0.759. The van der Waals surface area contributed by atoms with Crippen LogP contribution in [0.5, 0.6) is 0 Å². The molecule has 74 valence electrons. The first kappa shape index (κ1) is 12.8. The maximum atomic E-state index is 6.28. The number of rotatable bonds is 4. The van der Waals surface area contributed by atoms with E-state index in [-0.39, 0.29) is 5.60 Å². The topological polar surface area (TPSA) is 9.23 Å². The van der Waals surface area contributed by atoms with Gasteiger partial charge in [0.25, 0.3) is 0 Å². The first-order chi connectivity index (χ1) is 5.39. The average molecular weight is 279 g/mol. The Bertz CT molecular complexity index is 114. The van der Waals surface area contributed by atoms with Crippen LogP contribution in [-0.4, -0.2) is 24.4 Å². The van der Waals surface area contributed by atoms with Crippen molar-refractivity contribution in [1.82, 2.24) is 0 Å². The molecule has 1 nitrogen and oxygen atoms in total. The van der Waals surface area contributed by atoms with Crippen LogP contribution >= 0.6 is 0 Å². The van der Waals surface area contributed by atoms with Gasteiger partial charge in [-0.15, -0.1) is 0 Å². The van der Waals surface area contributed by atoms with E-state index in [1.165, 1.54) is 13.3 Å². The Labute approximate surface area is 82.3 Å². The zero-order chi connectivity index (χ0) is 9.83. The molecule has 0 aliphatic rings. The minimum absolute atomic E-state index is 0.0815. The summed E-state index contributed by atoms with van der Waals surface area (Å²) in [6.45, 7) is 13.4. The second kappa shape index (κ2) is 4.85. The van der Waals surface area contributed by atoms with Gasteiger partial charge in [-0.2, -0.15) is 0 Å².